The smallest absolute Gasteiger partial charge is 0.186 e. The molecule has 4 N–H and O–H groups in total. The summed E-state index contributed by atoms with van der Waals surface area (Å²) in [5, 5.41) is 37.7. The van der Waals surface area contributed by atoms with Crippen molar-refractivity contribution in [3.05, 3.63) is 0 Å². The maximum Gasteiger partial charge on any atom is 0.186 e. The van der Waals surface area contributed by atoms with Crippen LogP contribution in [0.2, 0.25) is 0 Å². The molecule has 0 aromatic carbocycles. The van der Waals surface area contributed by atoms with Crippen LogP contribution in [0.3, 0.4) is 0 Å². The fourth-order valence-electron chi connectivity index (χ4n) is 2.31. The number of aliphatic hydroxyl groups is 4. The maximum atomic E-state index is 9.75. The third-order valence-electron chi connectivity index (χ3n) is 3.60. The second-order valence-electron chi connectivity index (χ2n) is 5.34. The van der Waals surface area contributed by atoms with E-state index in [0.717, 1.165) is 12.8 Å². The van der Waals surface area contributed by atoms with Crippen molar-refractivity contribution >= 4 is 0 Å². The number of unbranched alkanes of at least 4 members (excludes halogenated alkanes) is 5. The van der Waals surface area contributed by atoms with E-state index in [9.17, 15) is 15.3 Å². The van der Waals surface area contributed by atoms with Crippen LogP contribution in [0.25, 0.3) is 0 Å². The average molecular weight is 292 g/mol. The highest BCUT2D eigenvalue weighted by atomic mass is 16.7. The Hall–Kier alpha value is -0.240. The summed E-state index contributed by atoms with van der Waals surface area (Å²) in [7, 11) is 0. The molecule has 5 unspecified atom stereocenters. The van der Waals surface area contributed by atoms with E-state index in [1.807, 2.05) is 0 Å². The first-order valence-corrected chi connectivity index (χ1v) is 7.54. The molecule has 0 radical (unpaired) electrons. The Morgan fingerprint density at radius 1 is 1.05 bits per heavy atom. The molecule has 20 heavy (non-hydrogen) atoms. The van der Waals surface area contributed by atoms with Crippen molar-refractivity contribution in [1.82, 2.24) is 0 Å². The van der Waals surface area contributed by atoms with Gasteiger partial charge in [-0.25, -0.2) is 0 Å². The molecular weight excluding hydrogens is 264 g/mol. The van der Waals surface area contributed by atoms with Crippen molar-refractivity contribution < 1.29 is 29.9 Å². The lowest BCUT2D eigenvalue weighted by Crippen LogP contribution is -2.40. The lowest BCUT2D eigenvalue weighted by Gasteiger charge is -2.18. The van der Waals surface area contributed by atoms with Crippen LogP contribution in [0.1, 0.15) is 45.4 Å². The molecule has 6 heteroatoms. The summed E-state index contributed by atoms with van der Waals surface area (Å²) < 4.78 is 10.6. The highest BCUT2D eigenvalue weighted by Gasteiger charge is 2.46. The van der Waals surface area contributed by atoms with Gasteiger partial charge in [0.2, 0.25) is 0 Å². The van der Waals surface area contributed by atoms with E-state index < -0.39 is 37.3 Å². The van der Waals surface area contributed by atoms with Crippen LogP contribution in [0.5, 0.6) is 0 Å². The number of aliphatic hydroxyl groups excluding tert-OH is 4. The van der Waals surface area contributed by atoms with Gasteiger partial charge in [0.1, 0.15) is 24.4 Å². The van der Waals surface area contributed by atoms with Gasteiger partial charge in [0, 0.05) is 6.61 Å². The first-order valence-electron chi connectivity index (χ1n) is 7.54. The van der Waals surface area contributed by atoms with E-state index in [-0.39, 0.29) is 0 Å². The molecule has 1 saturated heterocycles. The van der Waals surface area contributed by atoms with Crippen LogP contribution in [0.15, 0.2) is 0 Å². The Morgan fingerprint density at radius 3 is 2.35 bits per heavy atom. The van der Waals surface area contributed by atoms with Crippen LogP contribution in [-0.2, 0) is 9.47 Å². The quantitative estimate of drug-likeness (QED) is 0.428. The van der Waals surface area contributed by atoms with Crippen molar-refractivity contribution in [2.45, 2.75) is 76.2 Å². The molecule has 1 fully saturated rings. The lowest BCUT2D eigenvalue weighted by atomic mass is 10.1. The summed E-state index contributed by atoms with van der Waals surface area (Å²) in [6.07, 6.45) is 1.19. The SMILES string of the molecule is CCCCCCCCOC1OC(C(O)CO)C(O)C1O. The zero-order valence-electron chi connectivity index (χ0n) is 12.1. The van der Waals surface area contributed by atoms with Gasteiger partial charge in [-0.3, -0.25) is 0 Å². The summed E-state index contributed by atoms with van der Waals surface area (Å²) in [5.41, 5.74) is 0. The second-order valence-corrected chi connectivity index (χ2v) is 5.34. The third kappa shape index (κ3) is 5.27. The highest BCUT2D eigenvalue weighted by molar-refractivity contribution is 4.90. The van der Waals surface area contributed by atoms with Gasteiger partial charge in [0.05, 0.1) is 6.61 Å². The van der Waals surface area contributed by atoms with Crippen LogP contribution < -0.4 is 0 Å². The molecule has 0 saturated carbocycles. The van der Waals surface area contributed by atoms with E-state index in [1.54, 1.807) is 0 Å². The summed E-state index contributed by atoms with van der Waals surface area (Å²) in [6.45, 7) is 2.09. The van der Waals surface area contributed by atoms with Crippen LogP contribution in [-0.4, -0.2) is 64.3 Å². The van der Waals surface area contributed by atoms with E-state index in [4.69, 9.17) is 14.6 Å². The van der Waals surface area contributed by atoms with Gasteiger partial charge in [-0.1, -0.05) is 39.0 Å². The number of hydrogen-bond acceptors (Lipinski definition) is 6. The van der Waals surface area contributed by atoms with Crippen molar-refractivity contribution in [3.8, 4) is 0 Å². The number of hydrogen-bond donors (Lipinski definition) is 4. The van der Waals surface area contributed by atoms with Crippen molar-refractivity contribution in [1.29, 1.82) is 0 Å². The van der Waals surface area contributed by atoms with Gasteiger partial charge < -0.3 is 29.9 Å². The molecule has 120 valence electrons. The first kappa shape index (κ1) is 17.8. The lowest BCUT2D eigenvalue weighted by molar-refractivity contribution is -0.181. The van der Waals surface area contributed by atoms with Gasteiger partial charge in [0.25, 0.3) is 0 Å². The minimum atomic E-state index is -1.24. The Morgan fingerprint density at radius 2 is 1.70 bits per heavy atom. The minimum Gasteiger partial charge on any atom is -0.394 e. The normalized spacial score (nSPS) is 31.6. The molecule has 0 bridgehead atoms. The molecule has 0 spiro atoms. The fraction of sp³-hybridized carbons (Fsp3) is 1.00. The molecule has 5 atom stereocenters. The molecule has 1 rings (SSSR count). The summed E-state index contributed by atoms with van der Waals surface area (Å²) in [5.74, 6) is 0. The van der Waals surface area contributed by atoms with E-state index in [1.165, 1.54) is 25.7 Å². The van der Waals surface area contributed by atoms with Crippen LogP contribution in [0, 0.1) is 0 Å². The van der Waals surface area contributed by atoms with Crippen molar-refractivity contribution in [3.63, 3.8) is 0 Å². The molecule has 0 aromatic heterocycles. The molecule has 1 heterocycles. The molecule has 0 amide bonds. The molecule has 0 aliphatic carbocycles. The third-order valence-corrected chi connectivity index (χ3v) is 3.60. The average Bonchev–Trinajstić information content (AvgIpc) is 2.74. The maximum absolute atomic E-state index is 9.75. The topological polar surface area (TPSA) is 99.4 Å². The van der Waals surface area contributed by atoms with Crippen LogP contribution >= 0.6 is 0 Å². The Bertz CT molecular complexity index is 250. The van der Waals surface area contributed by atoms with Gasteiger partial charge in [-0.15, -0.1) is 0 Å². The monoisotopic (exact) mass is 292 g/mol. The van der Waals surface area contributed by atoms with Gasteiger partial charge in [-0.2, -0.15) is 0 Å². The van der Waals surface area contributed by atoms with Crippen LogP contribution in [0.4, 0.5) is 0 Å². The van der Waals surface area contributed by atoms with Crippen molar-refractivity contribution in [2.24, 2.45) is 0 Å². The van der Waals surface area contributed by atoms with Gasteiger partial charge in [-0.05, 0) is 6.42 Å². The van der Waals surface area contributed by atoms with E-state index in [2.05, 4.69) is 6.92 Å². The summed E-state index contributed by atoms with van der Waals surface area (Å²) >= 11 is 0. The predicted molar refractivity (Wildman–Crippen MR) is 73.1 cm³/mol. The Kier molecular flexibility index (Phi) is 8.60. The molecule has 1 aliphatic heterocycles. The Labute approximate surface area is 120 Å². The van der Waals surface area contributed by atoms with Gasteiger partial charge in [0.15, 0.2) is 6.29 Å². The number of rotatable bonds is 10. The summed E-state index contributed by atoms with van der Waals surface area (Å²) in [4.78, 5) is 0. The van der Waals surface area contributed by atoms with Crippen molar-refractivity contribution in [2.75, 3.05) is 13.2 Å². The van der Waals surface area contributed by atoms with Gasteiger partial charge >= 0.3 is 0 Å². The Balaban J connectivity index is 2.17. The molecular formula is C14H28O6. The minimum absolute atomic E-state index is 0.447. The largest absolute Gasteiger partial charge is 0.394 e. The standard InChI is InChI=1S/C14H28O6/c1-2-3-4-5-6-7-8-19-14-12(18)11(17)13(20-14)10(16)9-15/h10-18H,2-9H2,1H3. The predicted octanol–water partition coefficient (Wildman–Crippen LogP) is 0.163. The zero-order valence-corrected chi connectivity index (χ0v) is 12.1. The molecule has 1 aliphatic rings. The molecule has 0 aromatic rings. The molecule has 6 nitrogen and oxygen atoms in total. The van der Waals surface area contributed by atoms with E-state index >= 15 is 0 Å². The van der Waals surface area contributed by atoms with E-state index in [0.29, 0.717) is 6.61 Å². The summed E-state index contributed by atoms with van der Waals surface area (Å²) in [6, 6.07) is 0. The second kappa shape index (κ2) is 9.65. The highest BCUT2D eigenvalue weighted by Crippen LogP contribution is 2.24. The first-order chi connectivity index (χ1) is 9.61. The number of ether oxygens (including phenoxy) is 2. The zero-order chi connectivity index (χ0) is 15.0. The fourth-order valence-corrected chi connectivity index (χ4v) is 2.31.